The lowest BCUT2D eigenvalue weighted by molar-refractivity contribution is -0.167. The highest BCUT2D eigenvalue weighted by atomic mass is 16.6. The molecule has 0 fully saturated rings. The first kappa shape index (κ1) is 66.1. The van der Waals surface area contributed by atoms with E-state index in [1.807, 2.05) is 0 Å². The van der Waals surface area contributed by atoms with Gasteiger partial charge in [-0.1, -0.05) is 226 Å². The number of carbonyl (C=O) groups is 3. The van der Waals surface area contributed by atoms with E-state index in [4.69, 9.17) is 14.2 Å². The van der Waals surface area contributed by atoms with Crippen LogP contribution in [0.5, 0.6) is 0 Å². The second-order valence-corrected chi connectivity index (χ2v) is 18.8. The van der Waals surface area contributed by atoms with Crippen molar-refractivity contribution in [1.82, 2.24) is 0 Å². The van der Waals surface area contributed by atoms with Crippen LogP contribution >= 0.6 is 0 Å². The lowest BCUT2D eigenvalue weighted by Gasteiger charge is -2.18. The summed E-state index contributed by atoms with van der Waals surface area (Å²) in [7, 11) is 0. The minimum atomic E-state index is -0.798. The maximum absolute atomic E-state index is 12.9. The number of unbranched alkanes of at least 4 members (excludes halogenated alkanes) is 22. The van der Waals surface area contributed by atoms with Crippen molar-refractivity contribution in [2.24, 2.45) is 0 Å². The van der Waals surface area contributed by atoms with Crippen molar-refractivity contribution in [3.63, 3.8) is 0 Å². The van der Waals surface area contributed by atoms with E-state index in [-0.39, 0.29) is 31.1 Å². The van der Waals surface area contributed by atoms with Crippen molar-refractivity contribution in [2.75, 3.05) is 13.2 Å². The Morgan fingerprint density at radius 3 is 0.871 bits per heavy atom. The molecule has 0 heterocycles. The number of ether oxygens (including phenoxy) is 3. The van der Waals surface area contributed by atoms with Gasteiger partial charge in [-0.25, -0.2) is 0 Å². The average Bonchev–Trinajstić information content (AvgIpc) is 3.36. The molecule has 0 aliphatic carbocycles. The highest BCUT2D eigenvalue weighted by molar-refractivity contribution is 5.71. The number of rotatable bonds is 51. The van der Waals surface area contributed by atoms with Gasteiger partial charge in [0.05, 0.1) is 0 Å². The SMILES string of the molecule is CC/C=C\C/C=C\C/C=C\C/C=C\CCCCCCCCC(=O)OCC(COC(=O)CCCCCCC/C=C\C/C=C\CCCCCC)OC(=O)CCCCCCCCC/C=C\C/C=C\C/C=C\CC. The lowest BCUT2D eigenvalue weighted by atomic mass is 10.1. The second-order valence-electron chi connectivity index (χ2n) is 18.8. The summed E-state index contributed by atoms with van der Waals surface area (Å²) in [5, 5.41) is 0. The van der Waals surface area contributed by atoms with E-state index < -0.39 is 6.10 Å². The highest BCUT2D eigenvalue weighted by Crippen LogP contribution is 2.14. The van der Waals surface area contributed by atoms with Crippen LogP contribution < -0.4 is 0 Å². The van der Waals surface area contributed by atoms with E-state index >= 15 is 0 Å². The Morgan fingerprint density at radius 2 is 0.557 bits per heavy atom. The quantitative estimate of drug-likeness (QED) is 0.0262. The Hall–Kier alpha value is -3.93. The van der Waals surface area contributed by atoms with Crippen LogP contribution in [-0.4, -0.2) is 37.2 Å². The van der Waals surface area contributed by atoms with E-state index in [9.17, 15) is 14.4 Å². The fourth-order valence-electron chi connectivity index (χ4n) is 7.71. The molecule has 0 aliphatic heterocycles. The third-order valence-corrected chi connectivity index (χ3v) is 12.0. The highest BCUT2D eigenvalue weighted by Gasteiger charge is 2.19. The first-order chi connectivity index (χ1) is 34.5. The molecule has 6 heteroatoms. The topological polar surface area (TPSA) is 78.9 Å². The predicted octanol–water partition coefficient (Wildman–Crippen LogP) is 19.5. The van der Waals surface area contributed by atoms with Gasteiger partial charge in [-0.15, -0.1) is 0 Å². The van der Waals surface area contributed by atoms with Gasteiger partial charge in [0.2, 0.25) is 0 Å². The normalized spacial score (nSPS) is 12.9. The van der Waals surface area contributed by atoms with Crippen LogP contribution in [0.2, 0.25) is 0 Å². The first-order valence-corrected chi connectivity index (χ1v) is 28.9. The van der Waals surface area contributed by atoms with E-state index in [0.29, 0.717) is 19.3 Å². The molecule has 0 aliphatic rings. The molecule has 398 valence electrons. The van der Waals surface area contributed by atoms with Crippen LogP contribution in [0.25, 0.3) is 0 Å². The molecule has 0 spiro atoms. The molecule has 6 nitrogen and oxygen atoms in total. The third kappa shape index (κ3) is 55.0. The summed E-state index contributed by atoms with van der Waals surface area (Å²) in [6.45, 7) is 6.37. The number of hydrogen-bond donors (Lipinski definition) is 0. The maximum atomic E-state index is 12.9. The molecule has 0 bridgehead atoms. The van der Waals surface area contributed by atoms with Gasteiger partial charge in [0.15, 0.2) is 6.10 Å². The molecule has 0 rings (SSSR count). The van der Waals surface area contributed by atoms with Gasteiger partial charge in [-0.05, 0) is 122 Å². The minimum absolute atomic E-state index is 0.0956. The van der Waals surface area contributed by atoms with Gasteiger partial charge in [0.25, 0.3) is 0 Å². The van der Waals surface area contributed by atoms with Crippen molar-refractivity contribution in [3.05, 3.63) is 109 Å². The summed E-state index contributed by atoms with van der Waals surface area (Å²) in [6, 6.07) is 0. The molecule has 0 aromatic heterocycles. The van der Waals surface area contributed by atoms with E-state index in [1.54, 1.807) is 0 Å². The Balaban J connectivity index is 4.46. The average molecular weight is 972 g/mol. The van der Waals surface area contributed by atoms with Crippen LogP contribution in [-0.2, 0) is 28.6 Å². The maximum Gasteiger partial charge on any atom is 0.306 e. The van der Waals surface area contributed by atoms with Gasteiger partial charge < -0.3 is 14.2 Å². The fourth-order valence-corrected chi connectivity index (χ4v) is 7.71. The fraction of sp³-hybridized carbons (Fsp3) is 0.672. The predicted molar refractivity (Wildman–Crippen MR) is 302 cm³/mol. The van der Waals surface area contributed by atoms with Crippen molar-refractivity contribution in [1.29, 1.82) is 0 Å². The van der Waals surface area contributed by atoms with Gasteiger partial charge in [-0.3, -0.25) is 14.4 Å². The second kappa shape index (κ2) is 57.6. The monoisotopic (exact) mass is 971 g/mol. The van der Waals surface area contributed by atoms with Gasteiger partial charge in [-0.2, -0.15) is 0 Å². The van der Waals surface area contributed by atoms with E-state index in [1.165, 1.54) is 70.6 Å². The molecule has 0 N–H and O–H groups in total. The summed E-state index contributed by atoms with van der Waals surface area (Å²) in [5.74, 6) is -0.930. The van der Waals surface area contributed by atoms with E-state index in [0.717, 1.165) is 148 Å². The van der Waals surface area contributed by atoms with E-state index in [2.05, 4.69) is 130 Å². The number of allylic oxidation sites excluding steroid dienone is 18. The summed E-state index contributed by atoms with van der Waals surface area (Å²) in [6.07, 6.45) is 77.8. The minimum Gasteiger partial charge on any atom is -0.462 e. The smallest absolute Gasteiger partial charge is 0.306 e. The zero-order chi connectivity index (χ0) is 50.7. The van der Waals surface area contributed by atoms with Gasteiger partial charge in [0.1, 0.15) is 13.2 Å². The summed E-state index contributed by atoms with van der Waals surface area (Å²) in [4.78, 5) is 38.2. The van der Waals surface area contributed by atoms with Crippen LogP contribution in [0.15, 0.2) is 109 Å². The van der Waals surface area contributed by atoms with Crippen molar-refractivity contribution < 1.29 is 28.6 Å². The molecule has 0 radical (unpaired) electrons. The zero-order valence-corrected chi connectivity index (χ0v) is 45.5. The third-order valence-electron chi connectivity index (χ3n) is 12.0. The Bertz CT molecular complexity index is 1440. The van der Waals surface area contributed by atoms with Gasteiger partial charge in [0, 0.05) is 19.3 Å². The molecule has 0 aromatic rings. The molecule has 70 heavy (non-hydrogen) atoms. The summed E-state index contributed by atoms with van der Waals surface area (Å²) >= 11 is 0. The molecular weight excluding hydrogens is 865 g/mol. The molecule has 0 saturated heterocycles. The van der Waals surface area contributed by atoms with Crippen LogP contribution in [0.4, 0.5) is 0 Å². The number of esters is 3. The summed E-state index contributed by atoms with van der Waals surface area (Å²) < 4.78 is 16.9. The van der Waals surface area contributed by atoms with Crippen molar-refractivity contribution in [3.8, 4) is 0 Å². The van der Waals surface area contributed by atoms with Crippen molar-refractivity contribution >= 4 is 17.9 Å². The lowest BCUT2D eigenvalue weighted by Crippen LogP contribution is -2.30. The molecule has 1 atom stereocenters. The van der Waals surface area contributed by atoms with Gasteiger partial charge >= 0.3 is 17.9 Å². The first-order valence-electron chi connectivity index (χ1n) is 28.9. The molecule has 0 amide bonds. The molecular formula is C64H106O6. The molecule has 1 unspecified atom stereocenters. The molecule has 0 saturated carbocycles. The Morgan fingerprint density at radius 1 is 0.300 bits per heavy atom. The number of hydrogen-bond acceptors (Lipinski definition) is 6. The van der Waals surface area contributed by atoms with Crippen LogP contribution in [0, 0.1) is 0 Å². The standard InChI is InChI=1S/C64H106O6/c1-4-7-10-13-16-19-22-25-28-31-32-34-36-39-42-45-48-51-54-57-63(66)69-60-61(59-68-62(65)56-53-50-47-44-41-38-35-30-27-24-21-18-15-12-9-6-3)70-64(67)58-55-52-49-46-43-40-37-33-29-26-23-20-17-14-11-8-5-2/h7-8,10-11,16-17,19-21,24-26,28-30,32,34-35,61H,4-6,9,12-15,18,22-23,27,31,33,36-60H2,1-3H3/b10-7-,11-8-,19-16-,20-17-,24-21-,28-25-,29-26-,34-32-,35-30-. The Labute approximate surface area is 431 Å². The zero-order valence-electron chi connectivity index (χ0n) is 45.5. The molecule has 0 aromatic carbocycles. The number of carbonyl (C=O) groups excluding carboxylic acids is 3. The Kier molecular flexibility index (Phi) is 54.4. The van der Waals surface area contributed by atoms with Crippen LogP contribution in [0.1, 0.15) is 258 Å². The van der Waals surface area contributed by atoms with Crippen molar-refractivity contribution in [2.45, 2.75) is 264 Å². The summed E-state index contributed by atoms with van der Waals surface area (Å²) in [5.41, 5.74) is 0. The van der Waals surface area contributed by atoms with Crippen LogP contribution in [0.3, 0.4) is 0 Å². The largest absolute Gasteiger partial charge is 0.462 e.